The summed E-state index contributed by atoms with van der Waals surface area (Å²) in [4.78, 5) is 27.1. The van der Waals surface area contributed by atoms with Crippen molar-refractivity contribution in [2.75, 3.05) is 35.6 Å². The van der Waals surface area contributed by atoms with E-state index < -0.39 is 10.0 Å². The third-order valence-electron chi connectivity index (χ3n) is 6.52. The predicted molar refractivity (Wildman–Crippen MR) is 158 cm³/mol. The highest BCUT2D eigenvalue weighted by molar-refractivity contribution is 7.92. The summed E-state index contributed by atoms with van der Waals surface area (Å²) < 4.78 is 28.2. The summed E-state index contributed by atoms with van der Waals surface area (Å²) in [5.74, 6) is -0.574. The van der Waals surface area contributed by atoms with Crippen LogP contribution in [0.15, 0.2) is 114 Å². The van der Waals surface area contributed by atoms with E-state index in [-0.39, 0.29) is 23.3 Å². The molecule has 0 aliphatic carbocycles. The summed E-state index contributed by atoms with van der Waals surface area (Å²) in [6.45, 7) is -0.354. The molecule has 0 saturated heterocycles. The van der Waals surface area contributed by atoms with Gasteiger partial charge < -0.3 is 15.5 Å². The number of nitrogens with zero attached hydrogens (tertiary/aromatic N) is 2. The molecule has 1 heterocycles. The zero-order chi connectivity index (χ0) is 28.3. The predicted octanol–water partition coefficient (Wildman–Crippen LogP) is 4.90. The van der Waals surface area contributed by atoms with Crippen LogP contribution in [-0.4, -0.2) is 45.8 Å². The van der Waals surface area contributed by atoms with Gasteiger partial charge in [0.2, 0.25) is 5.91 Å². The van der Waals surface area contributed by atoms with Gasteiger partial charge in [-0.05, 0) is 48.0 Å². The van der Waals surface area contributed by atoms with Gasteiger partial charge in [-0.2, -0.15) is 0 Å². The van der Waals surface area contributed by atoms with E-state index in [9.17, 15) is 18.0 Å². The van der Waals surface area contributed by atoms with Crippen molar-refractivity contribution < 1.29 is 18.0 Å². The second kappa shape index (κ2) is 11.1. The van der Waals surface area contributed by atoms with Gasteiger partial charge in [-0.25, -0.2) is 8.42 Å². The van der Waals surface area contributed by atoms with Crippen molar-refractivity contribution in [2.24, 2.45) is 0 Å². The summed E-state index contributed by atoms with van der Waals surface area (Å²) in [5.41, 5.74) is 4.45. The lowest BCUT2D eigenvalue weighted by Crippen LogP contribution is -2.40. The van der Waals surface area contributed by atoms with Crippen LogP contribution in [0.1, 0.15) is 11.1 Å². The number of sulfonamides is 1. The molecular formula is C31H28N4O4S. The Bertz CT molecular complexity index is 1680. The largest absolute Gasteiger partial charge is 0.354 e. The monoisotopic (exact) mass is 552 g/mol. The Hall–Kier alpha value is -4.89. The summed E-state index contributed by atoms with van der Waals surface area (Å²) in [7, 11) is -0.848. The SMILES string of the molecule is CN(C)C(=O)CN(c1ccc(NC(=C2C(=O)Nc3ccccc32)c2ccccc2)cc1)S(=O)(=O)c1ccccc1. The highest BCUT2D eigenvalue weighted by atomic mass is 32.2. The van der Waals surface area contributed by atoms with Crippen molar-refractivity contribution in [3.63, 3.8) is 0 Å². The van der Waals surface area contributed by atoms with E-state index in [4.69, 9.17) is 0 Å². The lowest BCUT2D eigenvalue weighted by atomic mass is 10.00. The molecule has 2 N–H and O–H groups in total. The minimum Gasteiger partial charge on any atom is -0.354 e. The molecule has 0 aromatic heterocycles. The second-order valence-electron chi connectivity index (χ2n) is 9.40. The first-order valence-corrected chi connectivity index (χ1v) is 14.0. The number of likely N-dealkylation sites (N-methyl/N-ethyl adjacent to an activating group) is 1. The number of carbonyl (C=O) groups excluding carboxylic acids is 2. The maximum absolute atomic E-state index is 13.6. The number of benzene rings is 4. The first-order chi connectivity index (χ1) is 19.3. The molecule has 9 heteroatoms. The van der Waals surface area contributed by atoms with Gasteiger partial charge in [0.05, 0.1) is 21.9 Å². The van der Waals surface area contributed by atoms with Crippen LogP contribution < -0.4 is 14.9 Å². The molecule has 0 spiro atoms. The van der Waals surface area contributed by atoms with Crippen LogP contribution in [0.5, 0.6) is 0 Å². The molecule has 4 aromatic carbocycles. The van der Waals surface area contributed by atoms with Gasteiger partial charge in [0.15, 0.2) is 0 Å². The van der Waals surface area contributed by atoms with Crippen LogP contribution in [0, 0.1) is 0 Å². The number of para-hydroxylation sites is 1. The maximum Gasteiger partial charge on any atom is 0.264 e. The molecule has 0 bridgehead atoms. The topological polar surface area (TPSA) is 98.8 Å². The molecule has 40 heavy (non-hydrogen) atoms. The van der Waals surface area contributed by atoms with Gasteiger partial charge in [-0.15, -0.1) is 0 Å². The summed E-state index contributed by atoms with van der Waals surface area (Å²) in [6, 6.07) is 31.8. The molecule has 0 saturated carbocycles. The van der Waals surface area contributed by atoms with Crippen LogP contribution >= 0.6 is 0 Å². The average Bonchev–Trinajstić information content (AvgIpc) is 3.31. The van der Waals surface area contributed by atoms with Crippen molar-refractivity contribution >= 4 is 50.2 Å². The van der Waals surface area contributed by atoms with Gasteiger partial charge in [-0.1, -0.05) is 66.7 Å². The van der Waals surface area contributed by atoms with E-state index >= 15 is 0 Å². The first-order valence-electron chi connectivity index (χ1n) is 12.6. The highest BCUT2D eigenvalue weighted by Crippen LogP contribution is 2.37. The molecule has 1 aliphatic heterocycles. The molecule has 2 amide bonds. The van der Waals surface area contributed by atoms with Gasteiger partial charge in [0, 0.05) is 31.0 Å². The molecule has 0 unspecified atom stereocenters. The van der Waals surface area contributed by atoms with Crippen LogP contribution in [-0.2, 0) is 19.6 Å². The molecule has 1 aliphatic rings. The van der Waals surface area contributed by atoms with Crippen LogP contribution in [0.3, 0.4) is 0 Å². The van der Waals surface area contributed by atoms with E-state index in [1.807, 2.05) is 54.6 Å². The molecule has 0 radical (unpaired) electrons. The Balaban J connectivity index is 1.53. The quantitative estimate of drug-likeness (QED) is 0.303. The number of anilines is 3. The zero-order valence-electron chi connectivity index (χ0n) is 22.0. The number of hydrogen-bond donors (Lipinski definition) is 2. The van der Waals surface area contributed by atoms with Crippen LogP contribution in [0.4, 0.5) is 17.1 Å². The summed E-state index contributed by atoms with van der Waals surface area (Å²) >= 11 is 0. The van der Waals surface area contributed by atoms with Crippen molar-refractivity contribution in [1.29, 1.82) is 0 Å². The number of carbonyl (C=O) groups is 2. The Kier molecular flexibility index (Phi) is 7.39. The number of fused-ring (bicyclic) bond motifs is 1. The maximum atomic E-state index is 13.6. The molecule has 8 nitrogen and oxygen atoms in total. The third kappa shape index (κ3) is 5.32. The molecule has 0 fully saturated rings. The third-order valence-corrected chi connectivity index (χ3v) is 8.31. The minimum atomic E-state index is -4.01. The molecule has 4 aromatic rings. The number of nitrogens with one attached hydrogen (secondary N) is 2. The summed E-state index contributed by atoms with van der Waals surface area (Å²) in [5, 5.41) is 6.30. The Morgan fingerprint density at radius 2 is 1.40 bits per heavy atom. The molecule has 0 atom stereocenters. The standard InChI is InChI=1S/C31H28N4O4S/c1-34(2)28(36)21-35(40(38,39)25-13-7-4-8-14-25)24-19-17-23(18-20-24)32-30(22-11-5-3-6-12-22)29-26-15-9-10-16-27(26)33-31(29)37/h3-20,32H,21H2,1-2H3,(H,33,37). The fourth-order valence-corrected chi connectivity index (χ4v) is 5.84. The number of amides is 2. The Labute approximate surface area is 233 Å². The van der Waals surface area contributed by atoms with Gasteiger partial charge in [0.1, 0.15) is 6.54 Å². The van der Waals surface area contributed by atoms with Crippen molar-refractivity contribution in [2.45, 2.75) is 4.90 Å². The highest BCUT2D eigenvalue weighted by Gasteiger charge is 2.29. The van der Waals surface area contributed by atoms with Crippen molar-refractivity contribution in [3.8, 4) is 0 Å². The Morgan fingerprint density at radius 3 is 2.05 bits per heavy atom. The average molecular weight is 553 g/mol. The lowest BCUT2D eigenvalue weighted by molar-refractivity contribution is -0.127. The van der Waals surface area contributed by atoms with E-state index in [2.05, 4.69) is 10.6 Å². The van der Waals surface area contributed by atoms with Crippen LogP contribution in [0.25, 0.3) is 11.3 Å². The van der Waals surface area contributed by atoms with Crippen molar-refractivity contribution in [1.82, 2.24) is 4.90 Å². The molecular weight excluding hydrogens is 524 g/mol. The van der Waals surface area contributed by atoms with E-state index in [1.54, 1.807) is 56.6 Å². The second-order valence-corrected chi connectivity index (χ2v) is 11.3. The normalized spacial score (nSPS) is 13.7. The van der Waals surface area contributed by atoms with E-state index in [0.717, 1.165) is 21.1 Å². The smallest absolute Gasteiger partial charge is 0.264 e. The fourth-order valence-electron chi connectivity index (χ4n) is 4.40. The van der Waals surface area contributed by atoms with Crippen LogP contribution in [0.2, 0.25) is 0 Å². The molecule has 5 rings (SSSR count). The first kappa shape index (κ1) is 26.7. The van der Waals surface area contributed by atoms with E-state index in [1.165, 1.54) is 17.0 Å². The number of rotatable bonds is 8. The summed E-state index contributed by atoms with van der Waals surface area (Å²) in [6.07, 6.45) is 0. The zero-order valence-corrected chi connectivity index (χ0v) is 22.9. The fraction of sp³-hybridized carbons (Fsp3) is 0.0968. The van der Waals surface area contributed by atoms with Gasteiger partial charge in [0.25, 0.3) is 15.9 Å². The molecule has 202 valence electrons. The van der Waals surface area contributed by atoms with E-state index in [0.29, 0.717) is 22.6 Å². The lowest BCUT2D eigenvalue weighted by Gasteiger charge is -2.25. The van der Waals surface area contributed by atoms with Crippen molar-refractivity contribution in [3.05, 3.63) is 120 Å². The van der Waals surface area contributed by atoms with Gasteiger partial charge >= 0.3 is 0 Å². The number of hydrogen-bond acceptors (Lipinski definition) is 5. The minimum absolute atomic E-state index is 0.0887. The van der Waals surface area contributed by atoms with Gasteiger partial charge in [-0.3, -0.25) is 13.9 Å². The Morgan fingerprint density at radius 1 is 0.800 bits per heavy atom.